The van der Waals surface area contributed by atoms with Crippen molar-refractivity contribution in [3.05, 3.63) is 108 Å². The summed E-state index contributed by atoms with van der Waals surface area (Å²) in [4.78, 5) is -0.723. The summed E-state index contributed by atoms with van der Waals surface area (Å²) < 4.78 is 83.1. The molecule has 0 amide bonds. The van der Waals surface area contributed by atoms with Crippen molar-refractivity contribution in [2.24, 2.45) is 0 Å². The van der Waals surface area contributed by atoms with Gasteiger partial charge in [0, 0.05) is 6.20 Å². The standard InChI is InChI=1S/C25H24N2O6S3/c1-19-6-12-22(13-7-19)34(28,29)26-18-4-5-25(26)27(35(30,31)23-14-8-20(2)9-15-23)36(32,33)24-16-10-21(3)11-17-24/h4-18H,1-3H3. The maximum absolute atomic E-state index is 13.8. The number of nitrogens with zero attached hydrogens (tertiary/aromatic N) is 2. The van der Waals surface area contributed by atoms with E-state index in [0.29, 0.717) is 3.97 Å². The molecule has 36 heavy (non-hydrogen) atoms. The monoisotopic (exact) mass is 544 g/mol. The van der Waals surface area contributed by atoms with Crippen LogP contribution in [-0.2, 0) is 30.1 Å². The highest BCUT2D eigenvalue weighted by molar-refractivity contribution is 8.10. The summed E-state index contributed by atoms with van der Waals surface area (Å²) in [6.45, 7) is 5.31. The lowest BCUT2D eigenvalue weighted by atomic mass is 10.2. The van der Waals surface area contributed by atoms with Crippen molar-refractivity contribution >= 4 is 35.9 Å². The summed E-state index contributed by atoms with van der Waals surface area (Å²) in [6, 6.07) is 19.6. The Morgan fingerprint density at radius 1 is 0.528 bits per heavy atom. The number of sulfonamides is 2. The Kier molecular flexibility index (Phi) is 6.58. The predicted molar refractivity (Wildman–Crippen MR) is 137 cm³/mol. The average Bonchev–Trinajstić information content (AvgIpc) is 3.29. The van der Waals surface area contributed by atoms with Gasteiger partial charge in [0.2, 0.25) is 0 Å². The normalized spacial score (nSPS) is 12.4. The van der Waals surface area contributed by atoms with Crippen LogP contribution in [0.5, 0.6) is 0 Å². The van der Waals surface area contributed by atoms with Crippen LogP contribution in [0.15, 0.2) is 106 Å². The van der Waals surface area contributed by atoms with Crippen LogP contribution < -0.4 is 3.71 Å². The molecule has 4 rings (SSSR count). The van der Waals surface area contributed by atoms with Crippen molar-refractivity contribution in [2.45, 2.75) is 35.5 Å². The third-order valence-electron chi connectivity index (χ3n) is 5.53. The number of aromatic nitrogens is 1. The predicted octanol–water partition coefficient (Wildman–Crippen LogP) is 4.23. The van der Waals surface area contributed by atoms with E-state index in [2.05, 4.69) is 0 Å². The van der Waals surface area contributed by atoms with Crippen LogP contribution in [-0.4, -0.2) is 29.2 Å². The number of hydrogen-bond donors (Lipinski definition) is 0. The number of hydrogen-bond acceptors (Lipinski definition) is 6. The molecule has 188 valence electrons. The van der Waals surface area contributed by atoms with E-state index in [9.17, 15) is 25.3 Å². The van der Waals surface area contributed by atoms with Gasteiger partial charge in [-0.25, -0.2) is 12.4 Å². The Morgan fingerprint density at radius 3 is 1.28 bits per heavy atom. The lowest BCUT2D eigenvalue weighted by Crippen LogP contribution is -2.39. The van der Waals surface area contributed by atoms with Gasteiger partial charge < -0.3 is 0 Å². The molecule has 0 saturated carbocycles. The lowest BCUT2D eigenvalue weighted by molar-refractivity contribution is 0.582. The molecule has 1 heterocycles. The lowest BCUT2D eigenvalue weighted by Gasteiger charge is -2.25. The molecule has 0 radical (unpaired) electrons. The molecule has 4 aromatic rings. The third kappa shape index (κ3) is 4.57. The molecule has 3 aromatic carbocycles. The van der Waals surface area contributed by atoms with Crippen LogP contribution >= 0.6 is 0 Å². The van der Waals surface area contributed by atoms with E-state index in [4.69, 9.17) is 0 Å². The molecule has 0 spiro atoms. The van der Waals surface area contributed by atoms with Gasteiger partial charge in [0.25, 0.3) is 30.1 Å². The minimum atomic E-state index is -4.77. The second kappa shape index (κ2) is 9.23. The van der Waals surface area contributed by atoms with E-state index in [0.717, 1.165) is 29.0 Å². The van der Waals surface area contributed by atoms with Gasteiger partial charge in [0.15, 0.2) is 5.82 Å². The van der Waals surface area contributed by atoms with Crippen LogP contribution in [0.25, 0.3) is 0 Å². The number of benzene rings is 3. The number of aryl methyl sites for hydroxylation is 3. The molecule has 0 aliphatic carbocycles. The van der Waals surface area contributed by atoms with Gasteiger partial charge in [-0.05, 0) is 69.3 Å². The van der Waals surface area contributed by atoms with Crippen LogP contribution in [0.1, 0.15) is 16.7 Å². The first kappa shape index (κ1) is 25.7. The zero-order valence-electron chi connectivity index (χ0n) is 19.7. The van der Waals surface area contributed by atoms with E-state index >= 15 is 0 Å². The zero-order chi connectivity index (χ0) is 26.3. The van der Waals surface area contributed by atoms with Crippen molar-refractivity contribution in [1.29, 1.82) is 0 Å². The van der Waals surface area contributed by atoms with Gasteiger partial charge in [-0.3, -0.25) is 0 Å². The zero-order valence-corrected chi connectivity index (χ0v) is 22.2. The Labute approximate surface area is 211 Å². The minimum absolute atomic E-state index is 0.119. The van der Waals surface area contributed by atoms with Crippen molar-refractivity contribution in [3.8, 4) is 0 Å². The van der Waals surface area contributed by atoms with Gasteiger partial charge in [-0.1, -0.05) is 53.1 Å². The summed E-state index contributed by atoms with van der Waals surface area (Å²) in [6.07, 6.45) is 1.12. The highest BCUT2D eigenvalue weighted by Gasteiger charge is 2.40. The fourth-order valence-electron chi connectivity index (χ4n) is 3.51. The highest BCUT2D eigenvalue weighted by atomic mass is 32.3. The first-order valence-corrected chi connectivity index (χ1v) is 15.1. The molecule has 11 heteroatoms. The van der Waals surface area contributed by atoms with Gasteiger partial charge in [0.1, 0.15) is 0 Å². The molecule has 0 aliphatic heterocycles. The molecule has 0 atom stereocenters. The third-order valence-corrected chi connectivity index (χ3v) is 11.4. The summed E-state index contributed by atoms with van der Waals surface area (Å²) >= 11 is 0. The van der Waals surface area contributed by atoms with Gasteiger partial charge in [-0.15, -0.1) is 3.71 Å². The first-order chi connectivity index (χ1) is 16.8. The molecule has 0 aliphatic rings. The van der Waals surface area contributed by atoms with Crippen LogP contribution in [0.4, 0.5) is 5.82 Å². The van der Waals surface area contributed by atoms with E-state index in [1.165, 1.54) is 66.7 Å². The van der Waals surface area contributed by atoms with Crippen molar-refractivity contribution in [1.82, 2.24) is 3.97 Å². The van der Waals surface area contributed by atoms with E-state index in [1.54, 1.807) is 32.9 Å². The quantitative estimate of drug-likeness (QED) is 0.344. The molecule has 0 unspecified atom stereocenters. The van der Waals surface area contributed by atoms with Gasteiger partial charge in [-0.2, -0.15) is 16.8 Å². The Bertz CT molecular complexity index is 1650. The SMILES string of the molecule is Cc1ccc(S(=O)(=O)N(c2cccn2S(=O)(=O)c2ccc(C)cc2)S(=O)(=O)c2ccc(C)cc2)cc1. The molecule has 0 bridgehead atoms. The molecule has 8 nitrogen and oxygen atoms in total. The second-order valence-electron chi connectivity index (χ2n) is 8.31. The summed E-state index contributed by atoms with van der Waals surface area (Å²) in [7, 11) is -13.9. The second-order valence-corrected chi connectivity index (χ2v) is 13.9. The van der Waals surface area contributed by atoms with Crippen molar-refractivity contribution in [3.63, 3.8) is 0 Å². The van der Waals surface area contributed by atoms with Gasteiger partial charge in [0.05, 0.1) is 14.7 Å². The van der Waals surface area contributed by atoms with E-state index in [1.807, 2.05) is 0 Å². The van der Waals surface area contributed by atoms with Crippen LogP contribution in [0.3, 0.4) is 0 Å². The van der Waals surface area contributed by atoms with E-state index < -0.39 is 35.9 Å². The Hall–Kier alpha value is -3.41. The number of rotatable bonds is 7. The van der Waals surface area contributed by atoms with Crippen LogP contribution in [0.2, 0.25) is 0 Å². The summed E-state index contributed by atoms with van der Waals surface area (Å²) in [5.74, 6) is -0.559. The fourth-order valence-corrected chi connectivity index (χ4v) is 8.63. The van der Waals surface area contributed by atoms with Crippen LogP contribution in [0, 0.1) is 20.8 Å². The summed E-state index contributed by atoms with van der Waals surface area (Å²) in [5.41, 5.74) is 2.37. The molecule has 0 N–H and O–H groups in total. The largest absolute Gasteiger partial charge is 0.278 e. The Morgan fingerprint density at radius 2 is 0.889 bits per heavy atom. The minimum Gasteiger partial charge on any atom is -0.225 e. The molecule has 0 fully saturated rings. The average molecular weight is 545 g/mol. The maximum atomic E-state index is 13.8. The molecule has 1 aromatic heterocycles. The van der Waals surface area contributed by atoms with E-state index in [-0.39, 0.29) is 18.4 Å². The Balaban J connectivity index is 1.99. The first-order valence-electron chi connectivity index (χ1n) is 10.8. The highest BCUT2D eigenvalue weighted by Crippen LogP contribution is 2.33. The molecular formula is C25H24N2O6S3. The fraction of sp³-hybridized carbons (Fsp3) is 0.120. The van der Waals surface area contributed by atoms with Crippen molar-refractivity contribution in [2.75, 3.05) is 3.71 Å². The smallest absolute Gasteiger partial charge is 0.225 e. The van der Waals surface area contributed by atoms with Gasteiger partial charge >= 0.3 is 0 Å². The molecular weight excluding hydrogens is 520 g/mol. The van der Waals surface area contributed by atoms with Crippen molar-refractivity contribution < 1.29 is 25.3 Å². The molecule has 0 saturated heterocycles. The topological polar surface area (TPSA) is 111 Å². The number of anilines is 1. The maximum Gasteiger partial charge on any atom is 0.278 e. The summed E-state index contributed by atoms with van der Waals surface area (Å²) in [5, 5.41) is 0.